The number of fused-ring (bicyclic) bond motifs is 1. The van der Waals surface area contributed by atoms with Gasteiger partial charge < -0.3 is 5.32 Å². The molecule has 1 aliphatic rings. The summed E-state index contributed by atoms with van der Waals surface area (Å²) in [6, 6.07) is 12.9. The van der Waals surface area contributed by atoms with Crippen LogP contribution in [0.15, 0.2) is 53.7 Å². The second-order valence-electron chi connectivity index (χ2n) is 3.65. The van der Waals surface area contributed by atoms with Crippen LogP contribution in [-0.4, -0.2) is 16.6 Å². The van der Waals surface area contributed by atoms with Gasteiger partial charge in [0, 0.05) is 11.8 Å². The molecule has 4 heteroatoms. The number of aromatic nitrogens is 1. The Labute approximate surface area is 98.0 Å². The number of rotatable bonds is 1. The van der Waals surface area contributed by atoms with E-state index in [2.05, 4.69) is 15.3 Å². The van der Waals surface area contributed by atoms with E-state index in [1.165, 1.54) is 0 Å². The van der Waals surface area contributed by atoms with E-state index < -0.39 is 0 Å². The van der Waals surface area contributed by atoms with Crippen molar-refractivity contribution in [3.63, 3.8) is 0 Å². The third kappa shape index (κ3) is 1.69. The summed E-state index contributed by atoms with van der Waals surface area (Å²) < 4.78 is 0. The van der Waals surface area contributed by atoms with Crippen molar-refractivity contribution >= 4 is 23.1 Å². The highest BCUT2D eigenvalue weighted by molar-refractivity contribution is 6.54. The van der Waals surface area contributed by atoms with E-state index in [1.807, 2.05) is 36.4 Å². The van der Waals surface area contributed by atoms with Crippen LogP contribution in [0.25, 0.3) is 0 Å². The number of pyridine rings is 1. The minimum Gasteiger partial charge on any atom is -0.320 e. The van der Waals surface area contributed by atoms with E-state index in [1.54, 1.807) is 12.3 Å². The number of hydrogen-bond acceptors (Lipinski definition) is 3. The summed E-state index contributed by atoms with van der Waals surface area (Å²) in [7, 11) is 0. The molecular formula is C13H9N3O. The van der Waals surface area contributed by atoms with Crippen molar-refractivity contribution in [2.75, 3.05) is 5.32 Å². The first-order valence-electron chi connectivity index (χ1n) is 5.25. The number of benzene rings is 1. The van der Waals surface area contributed by atoms with Gasteiger partial charge in [-0.15, -0.1) is 0 Å². The molecule has 0 saturated heterocycles. The predicted molar refractivity (Wildman–Crippen MR) is 65.5 cm³/mol. The van der Waals surface area contributed by atoms with Gasteiger partial charge in [-0.1, -0.05) is 24.3 Å². The fourth-order valence-corrected chi connectivity index (χ4v) is 1.75. The molecular weight excluding hydrogens is 214 g/mol. The van der Waals surface area contributed by atoms with Gasteiger partial charge in [0.25, 0.3) is 5.91 Å². The summed E-state index contributed by atoms with van der Waals surface area (Å²) in [6.07, 6.45) is 1.65. The number of aliphatic imine (C=N–C) groups is 1. The molecule has 1 aliphatic heterocycles. The Hall–Kier alpha value is -2.49. The lowest BCUT2D eigenvalue weighted by Gasteiger charge is -1.96. The summed E-state index contributed by atoms with van der Waals surface area (Å²) in [5, 5.41) is 2.77. The summed E-state index contributed by atoms with van der Waals surface area (Å²) in [5.41, 5.74) is 2.04. The van der Waals surface area contributed by atoms with Gasteiger partial charge in [0.15, 0.2) is 5.82 Å². The van der Waals surface area contributed by atoms with Gasteiger partial charge in [-0.2, -0.15) is 0 Å². The average molecular weight is 223 g/mol. The molecule has 4 nitrogen and oxygen atoms in total. The number of amides is 1. The van der Waals surface area contributed by atoms with Crippen LogP contribution in [0.3, 0.4) is 0 Å². The van der Waals surface area contributed by atoms with E-state index in [-0.39, 0.29) is 5.91 Å². The molecule has 2 heterocycles. The molecule has 0 bridgehead atoms. The Balaban J connectivity index is 2.10. The molecule has 0 saturated carbocycles. The Morgan fingerprint density at radius 3 is 2.71 bits per heavy atom. The molecule has 0 spiro atoms. The minimum absolute atomic E-state index is 0.183. The fourth-order valence-electron chi connectivity index (χ4n) is 1.75. The predicted octanol–water partition coefficient (Wildman–Crippen LogP) is 2.15. The summed E-state index contributed by atoms with van der Waals surface area (Å²) in [4.78, 5) is 20.1. The van der Waals surface area contributed by atoms with Crippen molar-refractivity contribution in [1.82, 2.24) is 4.98 Å². The number of nitrogens with zero attached hydrogens (tertiary/aromatic N) is 2. The number of hydrogen-bond donors (Lipinski definition) is 1. The van der Waals surface area contributed by atoms with Gasteiger partial charge in [-0.25, -0.2) is 9.98 Å². The van der Waals surface area contributed by atoms with Crippen molar-refractivity contribution < 1.29 is 4.79 Å². The first-order valence-corrected chi connectivity index (χ1v) is 5.25. The Morgan fingerprint density at radius 1 is 1.06 bits per heavy atom. The summed E-state index contributed by atoms with van der Waals surface area (Å²) in [5.74, 6) is 0.353. The van der Waals surface area contributed by atoms with Gasteiger partial charge in [-0.05, 0) is 18.2 Å². The molecule has 1 aromatic carbocycles. The van der Waals surface area contributed by atoms with E-state index in [0.29, 0.717) is 11.5 Å². The van der Waals surface area contributed by atoms with Gasteiger partial charge in [0.2, 0.25) is 0 Å². The molecule has 0 atom stereocenters. The highest BCUT2D eigenvalue weighted by Crippen LogP contribution is 2.24. The standard InChI is InChI=1S/C13H9N3O/c17-13-12(16-11-7-3-4-8-14-11)9-5-1-2-6-10(9)15-13/h1-8H,(H,14,15,16,17). The number of carbonyl (C=O) groups is 1. The van der Waals surface area contributed by atoms with E-state index in [9.17, 15) is 4.79 Å². The third-order valence-electron chi connectivity index (χ3n) is 2.52. The van der Waals surface area contributed by atoms with Crippen molar-refractivity contribution in [2.24, 2.45) is 4.99 Å². The molecule has 0 fully saturated rings. The minimum atomic E-state index is -0.183. The lowest BCUT2D eigenvalue weighted by molar-refractivity contribution is -0.110. The fraction of sp³-hybridized carbons (Fsp3) is 0. The highest BCUT2D eigenvalue weighted by atomic mass is 16.2. The molecule has 17 heavy (non-hydrogen) atoms. The van der Waals surface area contributed by atoms with Gasteiger partial charge in [0.1, 0.15) is 5.71 Å². The van der Waals surface area contributed by atoms with Crippen molar-refractivity contribution in [2.45, 2.75) is 0 Å². The maximum Gasteiger partial charge on any atom is 0.275 e. The van der Waals surface area contributed by atoms with E-state index in [0.717, 1.165) is 11.3 Å². The van der Waals surface area contributed by atoms with Crippen LogP contribution in [0.1, 0.15) is 5.56 Å². The smallest absolute Gasteiger partial charge is 0.275 e. The number of carbonyl (C=O) groups excluding carboxylic acids is 1. The van der Waals surface area contributed by atoms with E-state index in [4.69, 9.17) is 0 Å². The van der Waals surface area contributed by atoms with Crippen LogP contribution in [-0.2, 0) is 4.79 Å². The zero-order chi connectivity index (χ0) is 11.7. The first-order chi connectivity index (χ1) is 8.34. The largest absolute Gasteiger partial charge is 0.320 e. The highest BCUT2D eigenvalue weighted by Gasteiger charge is 2.25. The molecule has 0 radical (unpaired) electrons. The molecule has 82 valence electrons. The topological polar surface area (TPSA) is 54.4 Å². The maximum absolute atomic E-state index is 11.8. The van der Waals surface area contributed by atoms with Crippen LogP contribution < -0.4 is 5.32 Å². The van der Waals surface area contributed by atoms with Crippen molar-refractivity contribution in [1.29, 1.82) is 0 Å². The lowest BCUT2D eigenvalue weighted by Crippen LogP contribution is -2.13. The molecule has 0 aliphatic carbocycles. The van der Waals surface area contributed by atoms with Crippen LogP contribution >= 0.6 is 0 Å². The molecule has 1 amide bonds. The van der Waals surface area contributed by atoms with Crippen molar-refractivity contribution in [3.8, 4) is 0 Å². The Kier molecular flexibility index (Phi) is 2.19. The number of para-hydroxylation sites is 1. The van der Waals surface area contributed by atoms with Crippen LogP contribution in [0.2, 0.25) is 0 Å². The molecule has 1 aromatic heterocycles. The van der Waals surface area contributed by atoms with Gasteiger partial charge in [-0.3, -0.25) is 4.79 Å². The molecule has 3 rings (SSSR count). The Morgan fingerprint density at radius 2 is 1.88 bits per heavy atom. The SMILES string of the molecule is O=C1Nc2ccccc2/C1=N/c1ccccn1. The summed E-state index contributed by atoms with van der Waals surface area (Å²) >= 11 is 0. The zero-order valence-corrected chi connectivity index (χ0v) is 8.92. The second-order valence-corrected chi connectivity index (χ2v) is 3.65. The third-order valence-corrected chi connectivity index (χ3v) is 2.52. The first kappa shape index (κ1) is 9.72. The normalized spacial score (nSPS) is 15.8. The molecule has 2 aromatic rings. The summed E-state index contributed by atoms with van der Waals surface area (Å²) in [6.45, 7) is 0. The number of nitrogens with one attached hydrogen (secondary N) is 1. The molecule has 0 unspecified atom stereocenters. The number of anilines is 1. The average Bonchev–Trinajstić information content (AvgIpc) is 2.68. The lowest BCUT2D eigenvalue weighted by atomic mass is 10.1. The van der Waals surface area contributed by atoms with Crippen LogP contribution in [0, 0.1) is 0 Å². The van der Waals surface area contributed by atoms with Crippen LogP contribution in [0.4, 0.5) is 11.5 Å². The second kappa shape index (κ2) is 3.83. The zero-order valence-electron chi connectivity index (χ0n) is 8.92. The monoisotopic (exact) mass is 223 g/mol. The van der Waals surface area contributed by atoms with Gasteiger partial charge in [0.05, 0.1) is 5.69 Å². The van der Waals surface area contributed by atoms with E-state index >= 15 is 0 Å². The van der Waals surface area contributed by atoms with Crippen LogP contribution in [0.5, 0.6) is 0 Å². The Bertz CT molecular complexity index is 605. The quantitative estimate of drug-likeness (QED) is 0.805. The molecule has 1 N–H and O–H groups in total. The van der Waals surface area contributed by atoms with Crippen molar-refractivity contribution in [3.05, 3.63) is 54.2 Å². The maximum atomic E-state index is 11.8. The van der Waals surface area contributed by atoms with Gasteiger partial charge >= 0.3 is 0 Å².